The van der Waals surface area contributed by atoms with Gasteiger partial charge >= 0.3 is 0 Å². The van der Waals surface area contributed by atoms with Crippen molar-refractivity contribution in [2.45, 2.75) is 58.2 Å². The lowest BCUT2D eigenvalue weighted by molar-refractivity contribution is -0.120. The quantitative estimate of drug-likeness (QED) is 0.473. The van der Waals surface area contributed by atoms with Crippen molar-refractivity contribution >= 4 is 11.9 Å². The molecule has 156 valence electrons. The van der Waals surface area contributed by atoms with Gasteiger partial charge in [-0.2, -0.15) is 5.10 Å². The van der Waals surface area contributed by atoms with Crippen molar-refractivity contribution in [3.63, 3.8) is 0 Å². The SMILES string of the molecule is CCNC(=NCc1ccccc1Cn1cccn1)NCC(=O)NC1CCCCC1. The Morgan fingerprint density at radius 2 is 1.93 bits per heavy atom. The summed E-state index contributed by atoms with van der Waals surface area (Å²) in [5.41, 5.74) is 2.33. The van der Waals surface area contributed by atoms with E-state index in [0.29, 0.717) is 25.1 Å². The summed E-state index contributed by atoms with van der Waals surface area (Å²) in [5.74, 6) is 0.682. The molecule has 0 radical (unpaired) electrons. The van der Waals surface area contributed by atoms with Crippen LogP contribution in [0.2, 0.25) is 0 Å². The Kier molecular flexibility index (Phi) is 8.10. The van der Waals surface area contributed by atoms with E-state index in [0.717, 1.165) is 24.9 Å². The molecule has 0 unspecified atom stereocenters. The van der Waals surface area contributed by atoms with E-state index in [1.54, 1.807) is 6.20 Å². The highest BCUT2D eigenvalue weighted by Crippen LogP contribution is 2.17. The summed E-state index contributed by atoms with van der Waals surface area (Å²) in [4.78, 5) is 16.9. The highest BCUT2D eigenvalue weighted by Gasteiger charge is 2.15. The number of benzene rings is 1. The van der Waals surface area contributed by atoms with Crippen LogP contribution in [0.1, 0.15) is 50.2 Å². The number of nitrogens with zero attached hydrogens (tertiary/aromatic N) is 3. The number of hydrogen-bond donors (Lipinski definition) is 3. The molecule has 1 aromatic heterocycles. The number of aliphatic imine (C=N–C) groups is 1. The van der Waals surface area contributed by atoms with E-state index in [1.165, 1.54) is 24.8 Å². The zero-order valence-electron chi connectivity index (χ0n) is 17.2. The third kappa shape index (κ3) is 6.93. The molecule has 0 saturated heterocycles. The Balaban J connectivity index is 1.55. The lowest BCUT2D eigenvalue weighted by Gasteiger charge is -2.23. The first kappa shape index (κ1) is 20.9. The molecule has 3 N–H and O–H groups in total. The third-order valence-corrected chi connectivity index (χ3v) is 5.15. The molecule has 1 heterocycles. The fourth-order valence-electron chi connectivity index (χ4n) is 3.63. The first-order valence-corrected chi connectivity index (χ1v) is 10.6. The maximum atomic E-state index is 12.3. The zero-order valence-corrected chi connectivity index (χ0v) is 17.2. The van der Waals surface area contributed by atoms with Gasteiger partial charge in [-0.15, -0.1) is 0 Å². The summed E-state index contributed by atoms with van der Waals surface area (Å²) in [6, 6.07) is 10.5. The van der Waals surface area contributed by atoms with Crippen LogP contribution in [0.3, 0.4) is 0 Å². The summed E-state index contributed by atoms with van der Waals surface area (Å²) in [6.07, 6.45) is 9.62. The molecule has 1 amide bonds. The number of amides is 1. The van der Waals surface area contributed by atoms with E-state index in [2.05, 4.69) is 38.2 Å². The fourth-order valence-corrected chi connectivity index (χ4v) is 3.63. The number of rotatable bonds is 8. The molecular weight excluding hydrogens is 364 g/mol. The van der Waals surface area contributed by atoms with Crippen molar-refractivity contribution < 1.29 is 4.79 Å². The highest BCUT2D eigenvalue weighted by atomic mass is 16.2. The molecule has 0 atom stereocenters. The monoisotopic (exact) mass is 396 g/mol. The maximum absolute atomic E-state index is 12.3. The van der Waals surface area contributed by atoms with Crippen LogP contribution in [0.4, 0.5) is 0 Å². The minimum absolute atomic E-state index is 0.0292. The second kappa shape index (κ2) is 11.2. The zero-order chi connectivity index (χ0) is 20.3. The molecular formula is C22H32N6O. The molecule has 29 heavy (non-hydrogen) atoms. The lowest BCUT2D eigenvalue weighted by atomic mass is 9.95. The van der Waals surface area contributed by atoms with E-state index < -0.39 is 0 Å². The molecule has 3 rings (SSSR count). The molecule has 1 fully saturated rings. The van der Waals surface area contributed by atoms with E-state index in [4.69, 9.17) is 0 Å². The molecule has 1 saturated carbocycles. The third-order valence-electron chi connectivity index (χ3n) is 5.15. The molecule has 1 aliphatic rings. The fraction of sp³-hybridized carbons (Fsp3) is 0.500. The Hall–Kier alpha value is -2.83. The molecule has 0 aliphatic heterocycles. The normalized spacial score (nSPS) is 15.1. The van der Waals surface area contributed by atoms with Crippen molar-refractivity contribution in [3.8, 4) is 0 Å². The number of carbonyl (C=O) groups is 1. The lowest BCUT2D eigenvalue weighted by Crippen LogP contribution is -2.46. The first-order chi connectivity index (χ1) is 14.2. The Morgan fingerprint density at radius 3 is 2.66 bits per heavy atom. The maximum Gasteiger partial charge on any atom is 0.239 e. The number of hydrogen-bond acceptors (Lipinski definition) is 3. The van der Waals surface area contributed by atoms with Gasteiger partial charge in [-0.1, -0.05) is 43.5 Å². The van der Waals surface area contributed by atoms with Crippen molar-refractivity contribution in [2.75, 3.05) is 13.1 Å². The summed E-state index contributed by atoms with van der Waals surface area (Å²) >= 11 is 0. The van der Waals surface area contributed by atoms with Crippen LogP contribution in [-0.4, -0.2) is 40.8 Å². The largest absolute Gasteiger partial charge is 0.357 e. The van der Waals surface area contributed by atoms with Gasteiger partial charge in [0.15, 0.2) is 5.96 Å². The van der Waals surface area contributed by atoms with Crippen LogP contribution >= 0.6 is 0 Å². The van der Waals surface area contributed by atoms with Crippen LogP contribution in [0.25, 0.3) is 0 Å². The number of carbonyl (C=O) groups excluding carboxylic acids is 1. The smallest absolute Gasteiger partial charge is 0.239 e. The Bertz CT molecular complexity index is 780. The number of aromatic nitrogens is 2. The van der Waals surface area contributed by atoms with Gasteiger partial charge in [-0.3, -0.25) is 9.48 Å². The van der Waals surface area contributed by atoms with Crippen LogP contribution < -0.4 is 16.0 Å². The van der Waals surface area contributed by atoms with Crippen LogP contribution in [-0.2, 0) is 17.9 Å². The van der Waals surface area contributed by atoms with Crippen molar-refractivity contribution in [1.82, 2.24) is 25.7 Å². The summed E-state index contributed by atoms with van der Waals surface area (Å²) < 4.78 is 1.90. The van der Waals surface area contributed by atoms with Crippen LogP contribution in [0.15, 0.2) is 47.7 Å². The van der Waals surface area contributed by atoms with Crippen LogP contribution in [0, 0.1) is 0 Å². The van der Waals surface area contributed by atoms with E-state index in [-0.39, 0.29) is 12.5 Å². The number of nitrogens with one attached hydrogen (secondary N) is 3. The summed E-state index contributed by atoms with van der Waals surface area (Å²) in [6.45, 7) is 4.25. The molecule has 0 bridgehead atoms. The first-order valence-electron chi connectivity index (χ1n) is 10.6. The second-order valence-electron chi connectivity index (χ2n) is 7.42. The van der Waals surface area contributed by atoms with Crippen molar-refractivity contribution in [3.05, 3.63) is 53.9 Å². The van der Waals surface area contributed by atoms with Gasteiger partial charge in [-0.25, -0.2) is 4.99 Å². The van der Waals surface area contributed by atoms with Gasteiger partial charge in [0.2, 0.25) is 5.91 Å². The van der Waals surface area contributed by atoms with Gasteiger partial charge in [0, 0.05) is 25.0 Å². The van der Waals surface area contributed by atoms with Crippen molar-refractivity contribution in [1.29, 1.82) is 0 Å². The van der Waals surface area contributed by atoms with Gasteiger partial charge in [0.1, 0.15) is 0 Å². The molecule has 1 aliphatic carbocycles. The predicted octanol–water partition coefficient (Wildman–Crippen LogP) is 2.44. The molecule has 1 aromatic carbocycles. The van der Waals surface area contributed by atoms with Crippen LogP contribution in [0.5, 0.6) is 0 Å². The topological polar surface area (TPSA) is 83.3 Å². The Labute approximate surface area is 173 Å². The highest BCUT2D eigenvalue weighted by molar-refractivity contribution is 5.86. The van der Waals surface area contributed by atoms with Gasteiger partial charge in [0.05, 0.1) is 19.6 Å². The second-order valence-corrected chi connectivity index (χ2v) is 7.42. The molecule has 2 aromatic rings. The van der Waals surface area contributed by atoms with Gasteiger partial charge < -0.3 is 16.0 Å². The van der Waals surface area contributed by atoms with Gasteiger partial charge in [0.25, 0.3) is 0 Å². The molecule has 7 nitrogen and oxygen atoms in total. The van der Waals surface area contributed by atoms with Gasteiger partial charge in [-0.05, 0) is 37.0 Å². The molecule has 0 spiro atoms. The Morgan fingerprint density at radius 1 is 1.14 bits per heavy atom. The van der Waals surface area contributed by atoms with E-state index >= 15 is 0 Å². The minimum atomic E-state index is 0.0292. The molecule has 7 heteroatoms. The summed E-state index contributed by atoms with van der Waals surface area (Å²) in [5, 5.41) is 13.8. The average molecular weight is 397 g/mol. The average Bonchev–Trinajstić information content (AvgIpc) is 3.25. The van der Waals surface area contributed by atoms with Crippen molar-refractivity contribution in [2.24, 2.45) is 4.99 Å². The summed E-state index contributed by atoms with van der Waals surface area (Å²) in [7, 11) is 0. The van der Waals surface area contributed by atoms with E-state index in [9.17, 15) is 4.79 Å². The van der Waals surface area contributed by atoms with E-state index in [1.807, 2.05) is 36.0 Å². The standard InChI is InChI=1S/C22H32N6O/c1-2-23-22(25-16-21(29)27-20-11-4-3-5-12-20)24-15-18-9-6-7-10-19(18)17-28-14-8-13-26-28/h6-10,13-14,20H,2-5,11-12,15-17H2,1H3,(H,27,29)(H2,23,24,25). The predicted molar refractivity (Wildman–Crippen MR) is 116 cm³/mol. The minimum Gasteiger partial charge on any atom is -0.357 e. The number of guanidine groups is 1.